The Morgan fingerprint density at radius 1 is 1.38 bits per heavy atom. The number of rotatable bonds is 1. The van der Waals surface area contributed by atoms with Gasteiger partial charge >= 0.3 is 0 Å². The summed E-state index contributed by atoms with van der Waals surface area (Å²) < 4.78 is 1.06. The van der Waals surface area contributed by atoms with Gasteiger partial charge in [-0.2, -0.15) is 5.26 Å². The van der Waals surface area contributed by atoms with Crippen LogP contribution in [0.4, 0.5) is 0 Å². The molecule has 0 unspecified atom stereocenters. The Morgan fingerprint density at radius 3 is 2.69 bits per heavy atom. The quantitative estimate of drug-likeness (QED) is 0.673. The molecule has 0 fully saturated rings. The first-order valence-corrected chi connectivity index (χ1v) is 5.58. The van der Waals surface area contributed by atoms with E-state index < -0.39 is 0 Å². The second-order valence-electron chi connectivity index (χ2n) is 2.29. The fourth-order valence-electron chi connectivity index (χ4n) is 1.06. The van der Waals surface area contributed by atoms with E-state index in [9.17, 15) is 0 Å². The van der Waals surface area contributed by atoms with Gasteiger partial charge in [0.2, 0.25) is 0 Å². The summed E-state index contributed by atoms with van der Waals surface area (Å²) in [6.45, 7) is 0. The minimum atomic E-state index is 0.646. The number of hydrogen-bond donors (Lipinski definition) is 0. The highest BCUT2D eigenvalue weighted by Crippen LogP contribution is 2.33. The van der Waals surface area contributed by atoms with Crippen LogP contribution in [0.2, 0.25) is 0 Å². The zero-order valence-electron chi connectivity index (χ0n) is 6.81. The lowest BCUT2D eigenvalue weighted by molar-refractivity contribution is 1.29. The number of fused-ring (bicyclic) bond motifs is 1. The van der Waals surface area contributed by atoms with Crippen LogP contribution >= 0.6 is 23.1 Å². The van der Waals surface area contributed by atoms with Gasteiger partial charge in [0.15, 0.2) is 0 Å². The van der Waals surface area contributed by atoms with Crippen LogP contribution in [0.3, 0.4) is 0 Å². The van der Waals surface area contributed by atoms with Gasteiger partial charge in [-0.25, -0.2) is 0 Å². The molecule has 0 aliphatic carbocycles. The lowest BCUT2D eigenvalue weighted by Gasteiger charge is -1.88. The van der Waals surface area contributed by atoms with E-state index in [1.54, 1.807) is 24.2 Å². The van der Waals surface area contributed by atoms with Gasteiger partial charge in [0, 0.05) is 12.4 Å². The molecule has 0 bridgehead atoms. The summed E-state index contributed by atoms with van der Waals surface area (Å²) in [5, 5.41) is 8.83. The van der Waals surface area contributed by atoms with Crippen LogP contribution < -0.4 is 0 Å². The van der Waals surface area contributed by atoms with Crippen molar-refractivity contribution in [2.45, 2.75) is 4.21 Å². The van der Waals surface area contributed by atoms with Gasteiger partial charge in [0.25, 0.3) is 0 Å². The van der Waals surface area contributed by atoms with Gasteiger partial charge in [-0.15, -0.1) is 23.1 Å². The first-order chi connectivity index (χ1) is 6.36. The second-order valence-corrected chi connectivity index (χ2v) is 4.38. The Morgan fingerprint density at radius 2 is 2.08 bits per heavy atom. The fraction of sp³-hybridized carbons (Fsp3) is 0.125. The van der Waals surface area contributed by atoms with Gasteiger partial charge < -0.3 is 0 Å². The number of thioether (sulfide) groups is 1. The highest BCUT2D eigenvalue weighted by atomic mass is 32.2. The third kappa shape index (κ3) is 1.28. The zero-order valence-corrected chi connectivity index (χ0v) is 8.45. The molecule has 0 saturated carbocycles. The van der Waals surface area contributed by atoms with Gasteiger partial charge in [-0.3, -0.25) is 9.97 Å². The zero-order chi connectivity index (χ0) is 9.26. The van der Waals surface area contributed by atoms with Crippen molar-refractivity contribution in [2.75, 3.05) is 6.26 Å². The summed E-state index contributed by atoms with van der Waals surface area (Å²) in [7, 11) is 0. The molecule has 0 spiro atoms. The number of nitrogens with zero attached hydrogens (tertiary/aromatic N) is 3. The largest absolute Gasteiger partial charge is 0.251 e. The average molecular weight is 207 g/mol. The number of aromatic nitrogens is 2. The Labute approximate surface area is 83.4 Å². The average Bonchev–Trinajstić information content (AvgIpc) is 2.56. The molecule has 0 N–H and O–H groups in total. The van der Waals surface area contributed by atoms with E-state index in [4.69, 9.17) is 5.26 Å². The SMILES string of the molecule is CSc1sc(C#N)c2nccnc12. The molecule has 2 rings (SSSR count). The fourth-order valence-corrected chi connectivity index (χ4v) is 2.71. The molecule has 2 aromatic heterocycles. The summed E-state index contributed by atoms with van der Waals surface area (Å²) in [6.07, 6.45) is 5.23. The molecular formula is C8H5N3S2. The number of nitriles is 1. The molecule has 0 radical (unpaired) electrons. The summed E-state index contributed by atoms with van der Waals surface area (Å²) in [4.78, 5) is 8.98. The monoisotopic (exact) mass is 207 g/mol. The third-order valence-corrected chi connectivity index (χ3v) is 3.77. The van der Waals surface area contributed by atoms with Crippen molar-refractivity contribution < 1.29 is 0 Å². The van der Waals surface area contributed by atoms with Crippen molar-refractivity contribution >= 4 is 34.1 Å². The summed E-state index contributed by atoms with van der Waals surface area (Å²) >= 11 is 3.05. The van der Waals surface area contributed by atoms with Crippen LogP contribution in [0, 0.1) is 11.3 Å². The minimum absolute atomic E-state index is 0.646. The predicted octanol–water partition coefficient (Wildman–Crippen LogP) is 2.28. The second kappa shape index (κ2) is 3.32. The van der Waals surface area contributed by atoms with Crippen LogP contribution in [0.15, 0.2) is 16.6 Å². The van der Waals surface area contributed by atoms with Crippen molar-refractivity contribution in [1.29, 1.82) is 5.26 Å². The number of hydrogen-bond acceptors (Lipinski definition) is 5. The molecule has 5 heteroatoms. The van der Waals surface area contributed by atoms with Gasteiger partial charge in [-0.1, -0.05) is 0 Å². The predicted molar refractivity (Wildman–Crippen MR) is 53.9 cm³/mol. The normalized spacial score (nSPS) is 10.2. The maximum atomic E-state index is 8.83. The van der Waals surface area contributed by atoms with Crippen LogP contribution in [-0.4, -0.2) is 16.2 Å². The Kier molecular flexibility index (Phi) is 2.17. The van der Waals surface area contributed by atoms with Crippen molar-refractivity contribution in [1.82, 2.24) is 9.97 Å². The molecule has 2 aromatic rings. The lowest BCUT2D eigenvalue weighted by atomic mass is 10.4. The smallest absolute Gasteiger partial charge is 0.133 e. The summed E-state index contributed by atoms with van der Waals surface area (Å²) in [5.41, 5.74) is 1.57. The standard InChI is InChI=1S/C8H5N3S2/c1-12-8-7-6(5(4-9)13-8)10-2-3-11-7/h2-3H,1H3. The molecule has 2 heterocycles. The molecule has 0 aliphatic rings. The maximum absolute atomic E-state index is 8.83. The van der Waals surface area contributed by atoms with Gasteiger partial charge in [0.05, 0.1) is 4.21 Å². The topological polar surface area (TPSA) is 49.6 Å². The molecule has 3 nitrogen and oxygen atoms in total. The molecule has 13 heavy (non-hydrogen) atoms. The van der Waals surface area contributed by atoms with E-state index in [2.05, 4.69) is 16.0 Å². The maximum Gasteiger partial charge on any atom is 0.133 e. The Bertz CT molecular complexity index is 484. The van der Waals surface area contributed by atoms with Gasteiger partial charge in [-0.05, 0) is 6.26 Å². The van der Waals surface area contributed by atoms with Crippen LogP contribution in [0.1, 0.15) is 4.88 Å². The van der Waals surface area contributed by atoms with E-state index in [0.29, 0.717) is 4.88 Å². The molecule has 0 amide bonds. The molecular weight excluding hydrogens is 202 g/mol. The Hall–Kier alpha value is -1.12. The molecule has 0 aromatic carbocycles. The minimum Gasteiger partial charge on any atom is -0.251 e. The van der Waals surface area contributed by atoms with E-state index in [-0.39, 0.29) is 0 Å². The molecule has 0 aliphatic heterocycles. The van der Waals surface area contributed by atoms with Crippen molar-refractivity contribution in [2.24, 2.45) is 0 Å². The highest BCUT2D eigenvalue weighted by molar-refractivity contribution is 8.00. The van der Waals surface area contributed by atoms with Crippen molar-refractivity contribution in [3.8, 4) is 6.07 Å². The highest BCUT2D eigenvalue weighted by Gasteiger charge is 2.11. The number of thiophene rings is 1. The first kappa shape index (κ1) is 8.48. The Balaban J connectivity index is 2.84. The molecule has 64 valence electrons. The first-order valence-electron chi connectivity index (χ1n) is 3.54. The van der Waals surface area contributed by atoms with Crippen LogP contribution in [-0.2, 0) is 0 Å². The molecule has 0 saturated heterocycles. The van der Waals surface area contributed by atoms with E-state index >= 15 is 0 Å². The van der Waals surface area contributed by atoms with Gasteiger partial charge in [0.1, 0.15) is 22.0 Å². The van der Waals surface area contributed by atoms with Crippen molar-refractivity contribution in [3.05, 3.63) is 17.3 Å². The van der Waals surface area contributed by atoms with Crippen molar-refractivity contribution in [3.63, 3.8) is 0 Å². The van der Waals surface area contributed by atoms with Crippen LogP contribution in [0.5, 0.6) is 0 Å². The summed E-state index contributed by atoms with van der Waals surface area (Å²) in [6, 6.07) is 2.13. The van der Waals surface area contributed by atoms with E-state index in [1.165, 1.54) is 11.3 Å². The molecule has 0 atom stereocenters. The third-order valence-electron chi connectivity index (χ3n) is 1.59. The van der Waals surface area contributed by atoms with Crippen LogP contribution in [0.25, 0.3) is 11.0 Å². The van der Waals surface area contributed by atoms with E-state index in [0.717, 1.165) is 15.2 Å². The summed E-state index contributed by atoms with van der Waals surface area (Å²) in [5.74, 6) is 0. The van der Waals surface area contributed by atoms with E-state index in [1.807, 2.05) is 6.26 Å². The lowest BCUT2D eigenvalue weighted by Crippen LogP contribution is -1.78.